The number of aromatic nitrogens is 1. The van der Waals surface area contributed by atoms with Crippen molar-refractivity contribution in [1.82, 2.24) is 4.98 Å². The molecule has 98 valence electrons. The Morgan fingerprint density at radius 1 is 1.44 bits per heavy atom. The fourth-order valence-corrected chi connectivity index (χ4v) is 2.49. The smallest absolute Gasteiger partial charge is 0.136 e. The molecule has 1 saturated carbocycles. The third-order valence-electron chi connectivity index (χ3n) is 3.35. The van der Waals surface area contributed by atoms with Crippen molar-refractivity contribution in [2.24, 2.45) is 5.73 Å². The largest absolute Gasteiger partial charge is 0.391 e. The fourth-order valence-electron chi connectivity index (χ4n) is 2.32. The summed E-state index contributed by atoms with van der Waals surface area (Å²) in [7, 11) is 0. The Hall–Kier alpha value is -1.20. The molecule has 4 N–H and O–H groups in total. The topological polar surface area (TPSA) is 71.2 Å². The molecule has 2 rings (SSSR count). The van der Waals surface area contributed by atoms with Crippen molar-refractivity contribution in [2.45, 2.75) is 44.8 Å². The Bertz CT molecular complexity index is 450. The first-order valence-electron chi connectivity index (χ1n) is 6.30. The molecule has 0 bridgehead atoms. The van der Waals surface area contributed by atoms with Gasteiger partial charge in [-0.15, -0.1) is 0 Å². The van der Waals surface area contributed by atoms with Crippen LogP contribution >= 0.6 is 12.2 Å². The van der Waals surface area contributed by atoms with Gasteiger partial charge in [0.05, 0.1) is 17.7 Å². The van der Waals surface area contributed by atoms with Crippen LogP contribution in [0.25, 0.3) is 0 Å². The number of nitrogens with one attached hydrogen (secondary N) is 1. The van der Waals surface area contributed by atoms with Crippen molar-refractivity contribution in [3.05, 3.63) is 23.4 Å². The lowest BCUT2D eigenvalue weighted by Gasteiger charge is -2.29. The van der Waals surface area contributed by atoms with E-state index in [-0.39, 0.29) is 12.1 Å². The van der Waals surface area contributed by atoms with Gasteiger partial charge in [0.15, 0.2) is 0 Å². The molecule has 5 heteroatoms. The van der Waals surface area contributed by atoms with Gasteiger partial charge in [0.25, 0.3) is 0 Å². The van der Waals surface area contributed by atoms with Gasteiger partial charge in [0, 0.05) is 5.69 Å². The molecule has 0 aromatic carbocycles. The van der Waals surface area contributed by atoms with E-state index in [4.69, 9.17) is 18.0 Å². The van der Waals surface area contributed by atoms with E-state index < -0.39 is 0 Å². The summed E-state index contributed by atoms with van der Waals surface area (Å²) in [5.41, 5.74) is 7.34. The molecule has 1 aromatic rings. The minimum Gasteiger partial charge on any atom is -0.391 e. The summed E-state index contributed by atoms with van der Waals surface area (Å²) in [5.74, 6) is 0.688. The van der Waals surface area contributed by atoms with Gasteiger partial charge < -0.3 is 16.2 Å². The number of aliphatic hydroxyl groups excluding tert-OH is 1. The van der Waals surface area contributed by atoms with Crippen LogP contribution in [0, 0.1) is 6.92 Å². The highest BCUT2D eigenvalue weighted by molar-refractivity contribution is 7.80. The number of rotatable bonds is 3. The number of pyridine rings is 1. The highest BCUT2D eigenvalue weighted by Gasteiger charge is 2.24. The van der Waals surface area contributed by atoms with Crippen molar-refractivity contribution in [3.63, 3.8) is 0 Å². The first-order valence-corrected chi connectivity index (χ1v) is 6.71. The average molecular weight is 265 g/mol. The molecule has 0 amide bonds. The van der Waals surface area contributed by atoms with E-state index in [0.29, 0.717) is 10.8 Å². The third kappa shape index (κ3) is 2.97. The molecule has 4 nitrogen and oxygen atoms in total. The molecule has 1 aromatic heterocycles. The first kappa shape index (κ1) is 13.2. The Morgan fingerprint density at radius 2 is 2.17 bits per heavy atom. The van der Waals surface area contributed by atoms with E-state index in [1.54, 1.807) is 0 Å². The molecule has 2 atom stereocenters. The van der Waals surface area contributed by atoms with Gasteiger partial charge in [-0.1, -0.05) is 25.1 Å². The van der Waals surface area contributed by atoms with Crippen LogP contribution in [0.15, 0.2) is 12.1 Å². The minimum atomic E-state index is -0.319. The maximum absolute atomic E-state index is 9.97. The molecule has 2 unspecified atom stereocenters. The number of nitrogens with two attached hydrogens (primary N) is 1. The zero-order valence-corrected chi connectivity index (χ0v) is 11.3. The second-order valence-electron chi connectivity index (χ2n) is 4.82. The van der Waals surface area contributed by atoms with E-state index in [1.165, 1.54) is 0 Å². The highest BCUT2D eigenvalue weighted by atomic mass is 32.1. The van der Waals surface area contributed by atoms with E-state index >= 15 is 0 Å². The summed E-state index contributed by atoms with van der Waals surface area (Å²) in [6.45, 7) is 1.92. The molecular formula is C13H19N3OS. The molecule has 0 aliphatic heterocycles. The number of aliphatic hydroxyl groups is 1. The van der Waals surface area contributed by atoms with Crippen molar-refractivity contribution in [3.8, 4) is 0 Å². The number of hydrogen-bond donors (Lipinski definition) is 3. The van der Waals surface area contributed by atoms with Crippen LogP contribution in [-0.2, 0) is 0 Å². The predicted octanol–water partition coefficient (Wildman–Crippen LogP) is 1.74. The first-order chi connectivity index (χ1) is 8.58. The second-order valence-corrected chi connectivity index (χ2v) is 5.26. The molecular weight excluding hydrogens is 246 g/mol. The average Bonchev–Trinajstić information content (AvgIpc) is 2.32. The van der Waals surface area contributed by atoms with Crippen molar-refractivity contribution >= 4 is 23.0 Å². The number of nitrogens with zero attached hydrogens (tertiary/aromatic N) is 1. The lowest BCUT2D eigenvalue weighted by Crippen LogP contribution is -2.37. The molecule has 1 aliphatic carbocycles. The SMILES string of the molecule is Cc1ccc(C(N)=S)c(NC2CCCCC2O)n1. The Labute approximate surface area is 113 Å². The van der Waals surface area contributed by atoms with Crippen LogP contribution in [0.3, 0.4) is 0 Å². The zero-order chi connectivity index (χ0) is 13.1. The van der Waals surface area contributed by atoms with Crippen LogP contribution in [0.2, 0.25) is 0 Å². The van der Waals surface area contributed by atoms with Crippen LogP contribution in [-0.4, -0.2) is 27.2 Å². The lowest BCUT2D eigenvalue weighted by molar-refractivity contribution is 0.116. The summed E-state index contributed by atoms with van der Waals surface area (Å²) in [6, 6.07) is 3.81. The zero-order valence-electron chi connectivity index (χ0n) is 10.5. The van der Waals surface area contributed by atoms with Gasteiger partial charge >= 0.3 is 0 Å². The van der Waals surface area contributed by atoms with Crippen LogP contribution in [0.1, 0.15) is 36.9 Å². The molecule has 1 fully saturated rings. The van der Waals surface area contributed by atoms with Gasteiger partial charge in [-0.2, -0.15) is 0 Å². The summed E-state index contributed by atoms with van der Waals surface area (Å²) < 4.78 is 0. The summed E-state index contributed by atoms with van der Waals surface area (Å²) in [4.78, 5) is 4.76. The fraction of sp³-hybridized carbons (Fsp3) is 0.538. The maximum atomic E-state index is 9.97. The number of anilines is 1. The van der Waals surface area contributed by atoms with E-state index in [0.717, 1.165) is 36.9 Å². The van der Waals surface area contributed by atoms with E-state index in [9.17, 15) is 5.11 Å². The number of aryl methyl sites for hydroxylation is 1. The van der Waals surface area contributed by atoms with E-state index in [1.807, 2.05) is 19.1 Å². The van der Waals surface area contributed by atoms with E-state index in [2.05, 4.69) is 10.3 Å². The summed E-state index contributed by atoms with van der Waals surface area (Å²) in [5, 5.41) is 13.3. The Balaban J connectivity index is 2.21. The molecule has 0 radical (unpaired) electrons. The second kappa shape index (κ2) is 5.63. The van der Waals surface area contributed by atoms with Gasteiger partial charge in [-0.05, 0) is 31.9 Å². The monoisotopic (exact) mass is 265 g/mol. The summed E-state index contributed by atoms with van der Waals surface area (Å²) in [6.07, 6.45) is 3.69. The molecule has 1 heterocycles. The Morgan fingerprint density at radius 3 is 2.83 bits per heavy atom. The van der Waals surface area contributed by atoms with Crippen molar-refractivity contribution in [2.75, 3.05) is 5.32 Å². The van der Waals surface area contributed by atoms with Crippen LogP contribution < -0.4 is 11.1 Å². The molecule has 1 aliphatic rings. The van der Waals surface area contributed by atoms with Crippen molar-refractivity contribution < 1.29 is 5.11 Å². The Kier molecular flexibility index (Phi) is 4.14. The lowest BCUT2D eigenvalue weighted by atomic mass is 9.92. The minimum absolute atomic E-state index is 0.0427. The van der Waals surface area contributed by atoms with Crippen LogP contribution in [0.4, 0.5) is 5.82 Å². The highest BCUT2D eigenvalue weighted by Crippen LogP contribution is 2.23. The molecule has 0 saturated heterocycles. The van der Waals surface area contributed by atoms with Gasteiger partial charge in [-0.25, -0.2) is 4.98 Å². The van der Waals surface area contributed by atoms with Crippen LogP contribution in [0.5, 0.6) is 0 Å². The van der Waals surface area contributed by atoms with Crippen molar-refractivity contribution in [1.29, 1.82) is 0 Å². The quantitative estimate of drug-likeness (QED) is 0.726. The number of thiocarbonyl (C=S) groups is 1. The number of hydrogen-bond acceptors (Lipinski definition) is 4. The maximum Gasteiger partial charge on any atom is 0.136 e. The molecule has 0 spiro atoms. The third-order valence-corrected chi connectivity index (χ3v) is 3.57. The molecule has 18 heavy (non-hydrogen) atoms. The van der Waals surface area contributed by atoms with Gasteiger partial charge in [-0.3, -0.25) is 0 Å². The summed E-state index contributed by atoms with van der Waals surface area (Å²) >= 11 is 5.03. The van der Waals surface area contributed by atoms with Gasteiger partial charge in [0.1, 0.15) is 10.8 Å². The predicted molar refractivity (Wildman–Crippen MR) is 76.7 cm³/mol. The standard InChI is InChI=1S/C13H19N3OS/c1-8-6-7-9(12(14)18)13(15-8)16-10-4-2-3-5-11(10)17/h6-7,10-11,17H,2-5H2,1H3,(H2,14,18)(H,15,16). The van der Waals surface area contributed by atoms with Gasteiger partial charge in [0.2, 0.25) is 0 Å². The normalized spacial score (nSPS) is 23.7.